The Balaban J connectivity index is 2.20. The average molecular weight is 333 g/mol. The molecule has 3 aromatic rings. The fraction of sp³-hybridized carbons (Fsp3) is 0.133. The van der Waals surface area contributed by atoms with Gasteiger partial charge >= 0.3 is 0 Å². The molecule has 3 rings (SSSR count). The highest BCUT2D eigenvalue weighted by atomic mass is 79.9. The quantitative estimate of drug-likeness (QED) is 0.770. The zero-order valence-electron chi connectivity index (χ0n) is 10.4. The van der Waals surface area contributed by atoms with Gasteiger partial charge in [-0.05, 0) is 45.6 Å². The third-order valence-corrected chi connectivity index (χ3v) is 4.97. The van der Waals surface area contributed by atoms with Crippen molar-refractivity contribution in [3.05, 3.63) is 62.9 Å². The molecule has 4 heteroatoms. The average Bonchev–Trinajstić information content (AvgIpc) is 2.86. The zero-order valence-corrected chi connectivity index (χ0v) is 12.8. The van der Waals surface area contributed by atoms with E-state index in [0.29, 0.717) is 0 Å². The van der Waals surface area contributed by atoms with Crippen LogP contribution >= 0.6 is 27.3 Å². The number of fused-ring (bicyclic) bond motifs is 1. The minimum absolute atomic E-state index is 0.152. The Morgan fingerprint density at radius 2 is 2.00 bits per heavy atom. The Morgan fingerprint density at radius 3 is 2.74 bits per heavy atom. The summed E-state index contributed by atoms with van der Waals surface area (Å²) in [6.45, 7) is 0. The number of benzene rings is 1. The Morgan fingerprint density at radius 1 is 1.16 bits per heavy atom. The molecule has 0 aliphatic carbocycles. The predicted molar refractivity (Wildman–Crippen MR) is 84.7 cm³/mol. The topological polar surface area (TPSA) is 24.9 Å². The lowest BCUT2D eigenvalue weighted by atomic mass is 9.98. The summed E-state index contributed by atoms with van der Waals surface area (Å²) in [5.74, 6) is 0. The summed E-state index contributed by atoms with van der Waals surface area (Å²) in [6, 6.07) is 10.5. The van der Waals surface area contributed by atoms with Crippen LogP contribution in [0, 0.1) is 0 Å². The standard InChI is InChI=1S/C15H13BrN2S/c1-17-15(12-8-19-9-13(12)16)11-6-2-4-10-5-3-7-18-14(10)11/h2-9,15,17H,1H3. The van der Waals surface area contributed by atoms with Crippen LogP contribution in [-0.2, 0) is 0 Å². The summed E-state index contributed by atoms with van der Waals surface area (Å²) < 4.78 is 1.14. The maximum absolute atomic E-state index is 4.54. The summed E-state index contributed by atoms with van der Waals surface area (Å²) in [5, 5.41) is 8.85. The Hall–Kier alpha value is -1.23. The van der Waals surface area contributed by atoms with Crippen LogP contribution in [0.4, 0.5) is 0 Å². The van der Waals surface area contributed by atoms with Crippen LogP contribution in [0.25, 0.3) is 10.9 Å². The van der Waals surface area contributed by atoms with Crippen molar-refractivity contribution < 1.29 is 0 Å². The number of pyridine rings is 1. The Bertz CT molecular complexity index is 703. The summed E-state index contributed by atoms with van der Waals surface area (Å²) >= 11 is 5.32. The van der Waals surface area contributed by atoms with Crippen LogP contribution in [0.5, 0.6) is 0 Å². The molecule has 1 aromatic carbocycles. The molecule has 0 aliphatic heterocycles. The van der Waals surface area contributed by atoms with Gasteiger partial charge in [-0.2, -0.15) is 11.3 Å². The van der Waals surface area contributed by atoms with E-state index in [0.717, 1.165) is 9.99 Å². The number of para-hydroxylation sites is 1. The molecule has 0 amide bonds. The highest BCUT2D eigenvalue weighted by Gasteiger charge is 2.18. The number of nitrogens with one attached hydrogen (secondary N) is 1. The van der Waals surface area contributed by atoms with Gasteiger partial charge in [0, 0.05) is 21.4 Å². The lowest BCUT2D eigenvalue weighted by Gasteiger charge is -2.18. The van der Waals surface area contributed by atoms with Crippen molar-refractivity contribution >= 4 is 38.2 Å². The Kier molecular flexibility index (Phi) is 3.64. The van der Waals surface area contributed by atoms with Gasteiger partial charge in [0.1, 0.15) is 0 Å². The Labute approximate surface area is 124 Å². The first-order chi connectivity index (χ1) is 9.31. The van der Waals surface area contributed by atoms with Crippen molar-refractivity contribution in [2.45, 2.75) is 6.04 Å². The molecule has 1 atom stereocenters. The third kappa shape index (κ3) is 2.31. The minimum atomic E-state index is 0.152. The van der Waals surface area contributed by atoms with E-state index in [2.05, 4.69) is 61.3 Å². The summed E-state index contributed by atoms with van der Waals surface area (Å²) in [6.07, 6.45) is 1.85. The molecule has 0 radical (unpaired) electrons. The maximum Gasteiger partial charge on any atom is 0.0753 e. The number of aromatic nitrogens is 1. The van der Waals surface area contributed by atoms with Gasteiger partial charge in [-0.1, -0.05) is 24.3 Å². The molecule has 0 saturated heterocycles. The predicted octanol–water partition coefficient (Wildman–Crippen LogP) is 4.37. The fourth-order valence-corrected chi connectivity index (χ4v) is 3.89. The van der Waals surface area contributed by atoms with Crippen LogP contribution in [0.2, 0.25) is 0 Å². The van der Waals surface area contributed by atoms with Gasteiger partial charge in [-0.3, -0.25) is 4.98 Å². The van der Waals surface area contributed by atoms with Crippen LogP contribution in [0.1, 0.15) is 17.2 Å². The van der Waals surface area contributed by atoms with Crippen LogP contribution < -0.4 is 5.32 Å². The van der Waals surface area contributed by atoms with Crippen molar-refractivity contribution in [3.63, 3.8) is 0 Å². The van der Waals surface area contributed by atoms with Gasteiger partial charge in [-0.25, -0.2) is 0 Å². The van der Waals surface area contributed by atoms with Crippen LogP contribution in [-0.4, -0.2) is 12.0 Å². The molecular formula is C15H13BrN2S. The van der Waals surface area contributed by atoms with E-state index in [1.54, 1.807) is 11.3 Å². The molecule has 0 aliphatic rings. The second kappa shape index (κ2) is 5.41. The fourth-order valence-electron chi connectivity index (χ4n) is 2.34. The molecule has 0 fully saturated rings. The summed E-state index contributed by atoms with van der Waals surface area (Å²) in [7, 11) is 1.98. The molecule has 2 heterocycles. The highest BCUT2D eigenvalue weighted by Crippen LogP contribution is 2.33. The smallest absolute Gasteiger partial charge is 0.0753 e. The van der Waals surface area contributed by atoms with Gasteiger partial charge in [0.2, 0.25) is 0 Å². The first-order valence-electron chi connectivity index (χ1n) is 6.03. The molecule has 1 N–H and O–H groups in total. The van der Waals surface area contributed by atoms with Gasteiger partial charge in [0.05, 0.1) is 11.6 Å². The first kappa shape index (κ1) is 12.8. The van der Waals surface area contributed by atoms with E-state index in [9.17, 15) is 0 Å². The number of hydrogen-bond donors (Lipinski definition) is 1. The molecular weight excluding hydrogens is 320 g/mol. The van der Waals surface area contributed by atoms with Crippen molar-refractivity contribution in [2.24, 2.45) is 0 Å². The number of nitrogens with zero attached hydrogens (tertiary/aromatic N) is 1. The molecule has 0 spiro atoms. The normalized spacial score (nSPS) is 12.7. The lowest BCUT2D eigenvalue weighted by molar-refractivity contribution is 0.695. The van der Waals surface area contributed by atoms with E-state index < -0.39 is 0 Å². The molecule has 0 saturated carbocycles. The SMILES string of the molecule is CNC(c1cscc1Br)c1cccc2cccnc12. The van der Waals surface area contributed by atoms with Gasteiger partial charge in [0.25, 0.3) is 0 Å². The maximum atomic E-state index is 4.54. The van der Waals surface area contributed by atoms with E-state index in [1.165, 1.54) is 16.5 Å². The largest absolute Gasteiger partial charge is 0.309 e. The summed E-state index contributed by atoms with van der Waals surface area (Å²) in [5.41, 5.74) is 3.52. The summed E-state index contributed by atoms with van der Waals surface area (Å²) in [4.78, 5) is 4.54. The molecule has 0 bridgehead atoms. The molecule has 1 unspecified atom stereocenters. The van der Waals surface area contributed by atoms with E-state index in [-0.39, 0.29) is 6.04 Å². The molecule has 2 nitrogen and oxygen atoms in total. The van der Waals surface area contributed by atoms with Crippen LogP contribution in [0.15, 0.2) is 51.8 Å². The van der Waals surface area contributed by atoms with Gasteiger partial charge < -0.3 is 5.32 Å². The van der Waals surface area contributed by atoms with Crippen molar-refractivity contribution in [1.29, 1.82) is 0 Å². The monoisotopic (exact) mass is 332 g/mol. The molecule has 2 aromatic heterocycles. The van der Waals surface area contributed by atoms with Crippen molar-refractivity contribution in [2.75, 3.05) is 7.05 Å². The van der Waals surface area contributed by atoms with E-state index in [1.807, 2.05) is 19.3 Å². The number of halogens is 1. The lowest BCUT2D eigenvalue weighted by Crippen LogP contribution is -2.18. The molecule has 96 valence electrons. The van der Waals surface area contributed by atoms with E-state index in [4.69, 9.17) is 0 Å². The van der Waals surface area contributed by atoms with Crippen LogP contribution in [0.3, 0.4) is 0 Å². The van der Waals surface area contributed by atoms with Crippen molar-refractivity contribution in [3.8, 4) is 0 Å². The zero-order chi connectivity index (χ0) is 13.2. The number of rotatable bonds is 3. The van der Waals surface area contributed by atoms with E-state index >= 15 is 0 Å². The molecule has 19 heavy (non-hydrogen) atoms. The number of thiophene rings is 1. The third-order valence-electron chi connectivity index (χ3n) is 3.22. The highest BCUT2D eigenvalue weighted by molar-refractivity contribution is 9.10. The second-order valence-corrected chi connectivity index (χ2v) is 5.92. The number of hydrogen-bond acceptors (Lipinski definition) is 3. The first-order valence-corrected chi connectivity index (χ1v) is 7.77. The van der Waals surface area contributed by atoms with Gasteiger partial charge in [0.15, 0.2) is 0 Å². The van der Waals surface area contributed by atoms with Gasteiger partial charge in [-0.15, -0.1) is 0 Å². The van der Waals surface area contributed by atoms with Crippen molar-refractivity contribution in [1.82, 2.24) is 10.3 Å². The minimum Gasteiger partial charge on any atom is -0.309 e. The second-order valence-electron chi connectivity index (χ2n) is 4.32.